The van der Waals surface area contributed by atoms with E-state index in [1.54, 1.807) is 6.92 Å². The number of rotatable bonds is 4. The summed E-state index contributed by atoms with van der Waals surface area (Å²) in [6.45, 7) is 2.26. The van der Waals surface area contributed by atoms with Crippen molar-refractivity contribution in [3.8, 4) is 6.07 Å². The van der Waals surface area contributed by atoms with Gasteiger partial charge in [-0.3, -0.25) is 4.79 Å². The third kappa shape index (κ3) is 2.58. The van der Waals surface area contributed by atoms with Crippen LogP contribution in [0.4, 0.5) is 0 Å². The van der Waals surface area contributed by atoms with Crippen molar-refractivity contribution in [2.24, 2.45) is 5.92 Å². The summed E-state index contributed by atoms with van der Waals surface area (Å²) in [5.41, 5.74) is 1.77. The van der Waals surface area contributed by atoms with E-state index in [0.29, 0.717) is 12.4 Å². The summed E-state index contributed by atoms with van der Waals surface area (Å²) in [6, 6.07) is 9.76. The van der Waals surface area contributed by atoms with Gasteiger partial charge in [-0.25, -0.2) is 4.98 Å². The zero-order valence-electron chi connectivity index (χ0n) is 11.0. The van der Waals surface area contributed by atoms with Gasteiger partial charge in [0.2, 0.25) is 0 Å². The largest absolute Gasteiger partial charge is 0.469 e. The fourth-order valence-corrected chi connectivity index (χ4v) is 2.08. The molecule has 0 bridgehead atoms. The number of esters is 1. The molecule has 0 aliphatic rings. The van der Waals surface area contributed by atoms with E-state index in [1.165, 1.54) is 7.11 Å². The normalized spacial score (nSPS) is 12.1. The topological polar surface area (TPSA) is 67.9 Å². The lowest BCUT2D eigenvalue weighted by atomic mass is 10.2. The third-order valence-electron chi connectivity index (χ3n) is 3.03. The fourth-order valence-electron chi connectivity index (χ4n) is 2.08. The van der Waals surface area contributed by atoms with E-state index in [2.05, 4.69) is 11.1 Å². The van der Waals surface area contributed by atoms with Crippen molar-refractivity contribution in [1.82, 2.24) is 9.55 Å². The van der Waals surface area contributed by atoms with Crippen LogP contribution >= 0.6 is 0 Å². The first-order valence-corrected chi connectivity index (χ1v) is 6.06. The molecule has 5 nitrogen and oxygen atoms in total. The van der Waals surface area contributed by atoms with Crippen LogP contribution in [0.3, 0.4) is 0 Å². The maximum Gasteiger partial charge on any atom is 0.310 e. The molecule has 0 amide bonds. The second-order valence-corrected chi connectivity index (χ2v) is 4.39. The van der Waals surface area contributed by atoms with Gasteiger partial charge in [0.15, 0.2) is 0 Å². The molecule has 19 heavy (non-hydrogen) atoms. The Morgan fingerprint density at radius 1 is 1.53 bits per heavy atom. The highest BCUT2D eigenvalue weighted by atomic mass is 16.5. The van der Waals surface area contributed by atoms with Crippen molar-refractivity contribution in [3.05, 3.63) is 30.1 Å². The Balaban J connectivity index is 2.42. The van der Waals surface area contributed by atoms with Gasteiger partial charge in [-0.1, -0.05) is 19.1 Å². The van der Waals surface area contributed by atoms with Gasteiger partial charge >= 0.3 is 5.97 Å². The van der Waals surface area contributed by atoms with Gasteiger partial charge in [-0.15, -0.1) is 0 Å². The molecule has 0 fully saturated rings. The monoisotopic (exact) mass is 257 g/mol. The molecule has 98 valence electrons. The first kappa shape index (κ1) is 13.1. The molecule has 2 aromatic rings. The number of imidazole rings is 1. The van der Waals surface area contributed by atoms with Crippen LogP contribution in [0.2, 0.25) is 0 Å². The minimum Gasteiger partial charge on any atom is -0.469 e. The standard InChI is InChI=1S/C14H15N3O2/c1-10(14(18)19-2)9-17-12-6-4-3-5-11(12)16-13(17)7-8-15/h3-6,10H,7,9H2,1-2H3. The molecule has 0 spiro atoms. The van der Waals surface area contributed by atoms with Crippen LogP contribution < -0.4 is 0 Å². The van der Waals surface area contributed by atoms with E-state index in [9.17, 15) is 4.79 Å². The van der Waals surface area contributed by atoms with Crippen molar-refractivity contribution in [2.45, 2.75) is 19.9 Å². The number of nitrogens with zero attached hydrogens (tertiary/aromatic N) is 3. The van der Waals surface area contributed by atoms with Gasteiger partial charge in [-0.05, 0) is 12.1 Å². The van der Waals surface area contributed by atoms with Gasteiger partial charge in [0, 0.05) is 6.54 Å². The summed E-state index contributed by atoms with van der Waals surface area (Å²) in [5, 5.41) is 8.86. The average molecular weight is 257 g/mol. The van der Waals surface area contributed by atoms with Crippen LogP contribution in [0, 0.1) is 17.2 Å². The molecule has 0 saturated heterocycles. The molecule has 0 N–H and O–H groups in total. The molecule has 1 heterocycles. The van der Waals surface area contributed by atoms with Crippen molar-refractivity contribution in [2.75, 3.05) is 7.11 Å². The van der Waals surface area contributed by atoms with Crippen molar-refractivity contribution in [1.29, 1.82) is 5.26 Å². The summed E-state index contributed by atoms with van der Waals surface area (Å²) >= 11 is 0. The van der Waals surface area contributed by atoms with Crippen LogP contribution in [-0.2, 0) is 22.5 Å². The van der Waals surface area contributed by atoms with Gasteiger partial charge < -0.3 is 9.30 Å². The number of hydrogen-bond donors (Lipinski definition) is 0. The van der Waals surface area contributed by atoms with Crippen LogP contribution in [0.5, 0.6) is 0 Å². The number of fused-ring (bicyclic) bond motifs is 1. The smallest absolute Gasteiger partial charge is 0.310 e. The summed E-state index contributed by atoms with van der Waals surface area (Å²) in [6.07, 6.45) is 0.225. The van der Waals surface area contributed by atoms with Gasteiger partial charge in [0.05, 0.1) is 36.6 Å². The SMILES string of the molecule is COC(=O)C(C)Cn1c(CC#N)nc2ccccc21. The molecule has 1 aromatic heterocycles. The number of nitriles is 1. The van der Waals surface area contributed by atoms with Crippen LogP contribution in [-0.4, -0.2) is 22.6 Å². The molecule has 0 aliphatic heterocycles. The Bertz CT molecular complexity index is 640. The summed E-state index contributed by atoms with van der Waals surface area (Å²) in [7, 11) is 1.38. The maximum absolute atomic E-state index is 11.5. The fraction of sp³-hybridized carbons (Fsp3) is 0.357. The van der Waals surface area contributed by atoms with E-state index in [4.69, 9.17) is 10.00 Å². The number of carbonyl (C=O) groups is 1. The highest BCUT2D eigenvalue weighted by Gasteiger charge is 2.18. The van der Waals surface area contributed by atoms with Crippen molar-refractivity contribution in [3.63, 3.8) is 0 Å². The molecule has 1 unspecified atom stereocenters. The van der Waals surface area contributed by atoms with Crippen LogP contribution in [0.1, 0.15) is 12.7 Å². The first-order valence-electron chi connectivity index (χ1n) is 6.06. The Hall–Kier alpha value is -2.35. The van der Waals surface area contributed by atoms with Gasteiger partial charge in [0.1, 0.15) is 5.82 Å². The Morgan fingerprint density at radius 2 is 2.26 bits per heavy atom. The summed E-state index contributed by atoms with van der Waals surface area (Å²) in [5.74, 6) is 0.139. The lowest BCUT2D eigenvalue weighted by Gasteiger charge is -2.12. The van der Waals surface area contributed by atoms with Gasteiger partial charge in [0.25, 0.3) is 0 Å². The molecule has 0 saturated carbocycles. The number of aromatic nitrogens is 2. The van der Waals surface area contributed by atoms with E-state index in [1.807, 2.05) is 28.8 Å². The lowest BCUT2D eigenvalue weighted by molar-refractivity contribution is -0.145. The highest BCUT2D eigenvalue weighted by molar-refractivity contribution is 5.77. The maximum atomic E-state index is 11.5. The van der Waals surface area contributed by atoms with E-state index >= 15 is 0 Å². The predicted molar refractivity (Wildman–Crippen MR) is 70.2 cm³/mol. The average Bonchev–Trinajstić information content (AvgIpc) is 2.76. The lowest BCUT2D eigenvalue weighted by Crippen LogP contribution is -2.20. The molecule has 2 rings (SSSR count). The zero-order valence-corrected chi connectivity index (χ0v) is 11.0. The highest BCUT2D eigenvalue weighted by Crippen LogP contribution is 2.18. The molecular weight excluding hydrogens is 242 g/mol. The minimum atomic E-state index is -0.278. The number of hydrogen-bond acceptors (Lipinski definition) is 4. The predicted octanol–water partition coefficient (Wildman–Crippen LogP) is 1.91. The second kappa shape index (κ2) is 5.53. The van der Waals surface area contributed by atoms with Crippen LogP contribution in [0.25, 0.3) is 11.0 Å². The second-order valence-electron chi connectivity index (χ2n) is 4.39. The Kier molecular flexibility index (Phi) is 3.81. The molecule has 5 heteroatoms. The number of ether oxygens (including phenoxy) is 1. The Morgan fingerprint density at radius 3 is 2.95 bits per heavy atom. The number of methoxy groups -OCH3 is 1. The number of benzene rings is 1. The number of carbonyl (C=O) groups excluding carboxylic acids is 1. The first-order chi connectivity index (χ1) is 9.17. The molecule has 1 atom stereocenters. The van der Waals surface area contributed by atoms with E-state index < -0.39 is 0 Å². The van der Waals surface area contributed by atoms with E-state index in [-0.39, 0.29) is 18.3 Å². The summed E-state index contributed by atoms with van der Waals surface area (Å²) < 4.78 is 6.65. The van der Waals surface area contributed by atoms with Crippen molar-refractivity contribution >= 4 is 17.0 Å². The molecule has 1 aromatic carbocycles. The van der Waals surface area contributed by atoms with Gasteiger partial charge in [-0.2, -0.15) is 5.26 Å². The zero-order chi connectivity index (χ0) is 13.8. The molecule has 0 aliphatic carbocycles. The Labute approximate surface area is 111 Å². The molecular formula is C14H15N3O2. The number of para-hydroxylation sites is 2. The molecule has 0 radical (unpaired) electrons. The van der Waals surface area contributed by atoms with Crippen LogP contribution in [0.15, 0.2) is 24.3 Å². The third-order valence-corrected chi connectivity index (χ3v) is 3.03. The quantitative estimate of drug-likeness (QED) is 0.785. The summed E-state index contributed by atoms with van der Waals surface area (Å²) in [4.78, 5) is 16.0. The van der Waals surface area contributed by atoms with Crippen molar-refractivity contribution < 1.29 is 9.53 Å². The minimum absolute atomic E-state index is 0.225. The van der Waals surface area contributed by atoms with E-state index in [0.717, 1.165) is 11.0 Å².